The molecule has 2 aromatic heterocycles. The van der Waals surface area contributed by atoms with Crippen molar-refractivity contribution in [3.63, 3.8) is 0 Å². The molecular formula is C18H20N4O2S2. The molecule has 1 aromatic carbocycles. The summed E-state index contributed by atoms with van der Waals surface area (Å²) >= 11 is 2.88. The van der Waals surface area contributed by atoms with Crippen molar-refractivity contribution >= 4 is 29.0 Å². The average Bonchev–Trinajstić information content (AvgIpc) is 3.29. The fourth-order valence-electron chi connectivity index (χ4n) is 2.52. The van der Waals surface area contributed by atoms with Crippen LogP contribution < -0.4 is 11.0 Å². The van der Waals surface area contributed by atoms with Crippen LogP contribution in [0.3, 0.4) is 0 Å². The van der Waals surface area contributed by atoms with E-state index in [0.29, 0.717) is 11.7 Å². The van der Waals surface area contributed by atoms with Crippen LogP contribution in [0, 0.1) is 0 Å². The summed E-state index contributed by atoms with van der Waals surface area (Å²) in [4.78, 5) is 25.3. The van der Waals surface area contributed by atoms with Crippen LogP contribution in [-0.4, -0.2) is 26.4 Å². The number of thiophene rings is 1. The summed E-state index contributed by atoms with van der Waals surface area (Å²) in [6.45, 7) is 2.48. The number of aromatic nitrogens is 3. The Morgan fingerprint density at radius 2 is 2.12 bits per heavy atom. The van der Waals surface area contributed by atoms with Gasteiger partial charge >= 0.3 is 5.69 Å². The molecule has 26 heavy (non-hydrogen) atoms. The number of nitrogens with one attached hydrogen (secondary N) is 2. The molecule has 0 saturated heterocycles. The Bertz CT molecular complexity index is 888. The minimum atomic E-state index is -0.254. The highest BCUT2D eigenvalue weighted by molar-refractivity contribution is 7.99. The lowest BCUT2D eigenvalue weighted by Crippen LogP contribution is -2.28. The molecule has 0 radical (unpaired) electrons. The minimum Gasteiger partial charge on any atom is -0.348 e. The van der Waals surface area contributed by atoms with Crippen LogP contribution in [0.4, 0.5) is 0 Å². The Morgan fingerprint density at radius 1 is 1.31 bits per heavy atom. The van der Waals surface area contributed by atoms with Crippen molar-refractivity contribution < 1.29 is 4.79 Å². The molecule has 2 heterocycles. The zero-order valence-electron chi connectivity index (χ0n) is 14.3. The number of carbonyl (C=O) groups excluding carboxylic acids is 1. The van der Waals surface area contributed by atoms with E-state index < -0.39 is 0 Å². The van der Waals surface area contributed by atoms with Gasteiger partial charge in [-0.25, -0.2) is 9.89 Å². The molecule has 1 atom stereocenters. The summed E-state index contributed by atoms with van der Waals surface area (Å²) in [6, 6.07) is 13.9. The van der Waals surface area contributed by atoms with Gasteiger partial charge in [0.25, 0.3) is 0 Å². The number of hydrogen-bond acceptors (Lipinski definition) is 5. The fraction of sp³-hybridized carbons (Fsp3) is 0.278. The number of hydrogen-bond donors (Lipinski definition) is 2. The van der Waals surface area contributed by atoms with Crippen LogP contribution in [0.15, 0.2) is 57.8 Å². The molecule has 0 unspecified atom stereocenters. The fourth-order valence-corrected chi connectivity index (χ4v) is 4.04. The molecule has 1 amide bonds. The lowest BCUT2D eigenvalue weighted by Gasteiger charge is -2.12. The Balaban J connectivity index is 1.55. The van der Waals surface area contributed by atoms with Gasteiger partial charge in [0.15, 0.2) is 5.16 Å². The molecule has 0 aliphatic heterocycles. The molecule has 8 heteroatoms. The van der Waals surface area contributed by atoms with Gasteiger partial charge in [0, 0.05) is 11.4 Å². The predicted molar refractivity (Wildman–Crippen MR) is 105 cm³/mol. The molecule has 0 aliphatic rings. The number of aromatic amines is 1. The molecule has 2 N–H and O–H groups in total. The van der Waals surface area contributed by atoms with E-state index >= 15 is 0 Å². The highest BCUT2D eigenvalue weighted by Gasteiger charge is 2.14. The second kappa shape index (κ2) is 8.86. The van der Waals surface area contributed by atoms with E-state index in [9.17, 15) is 9.59 Å². The topological polar surface area (TPSA) is 79.8 Å². The van der Waals surface area contributed by atoms with Gasteiger partial charge in [-0.3, -0.25) is 9.36 Å². The smallest absolute Gasteiger partial charge is 0.343 e. The number of aryl methyl sites for hydroxylation is 1. The number of amides is 1. The molecule has 6 nitrogen and oxygen atoms in total. The Morgan fingerprint density at radius 3 is 2.85 bits per heavy atom. The second-order valence-electron chi connectivity index (χ2n) is 5.79. The number of nitrogens with zero attached hydrogens (tertiary/aromatic N) is 2. The van der Waals surface area contributed by atoms with Gasteiger partial charge in [-0.1, -0.05) is 48.2 Å². The van der Waals surface area contributed by atoms with Gasteiger partial charge in [-0.15, -0.1) is 16.4 Å². The van der Waals surface area contributed by atoms with Crippen LogP contribution in [0.5, 0.6) is 0 Å². The lowest BCUT2D eigenvalue weighted by atomic mass is 10.1. The highest BCUT2D eigenvalue weighted by atomic mass is 32.2. The van der Waals surface area contributed by atoms with Crippen LogP contribution in [0.1, 0.15) is 23.4 Å². The minimum absolute atomic E-state index is 0.0254. The molecule has 136 valence electrons. The third-order valence-electron chi connectivity index (χ3n) is 3.87. The highest BCUT2D eigenvalue weighted by Crippen LogP contribution is 2.19. The van der Waals surface area contributed by atoms with Crippen LogP contribution >= 0.6 is 23.1 Å². The van der Waals surface area contributed by atoms with Gasteiger partial charge < -0.3 is 5.32 Å². The first-order chi connectivity index (χ1) is 12.6. The summed E-state index contributed by atoms with van der Waals surface area (Å²) < 4.78 is 1.58. The van der Waals surface area contributed by atoms with Crippen molar-refractivity contribution in [1.82, 2.24) is 20.1 Å². The molecule has 0 bridgehead atoms. The van der Waals surface area contributed by atoms with Crippen molar-refractivity contribution in [3.05, 3.63) is 68.8 Å². The third kappa shape index (κ3) is 4.86. The van der Waals surface area contributed by atoms with Gasteiger partial charge in [-0.2, -0.15) is 0 Å². The van der Waals surface area contributed by atoms with E-state index in [-0.39, 0.29) is 23.4 Å². The molecule has 3 rings (SSSR count). The summed E-state index contributed by atoms with van der Waals surface area (Å²) in [6.07, 6.45) is 0.732. The number of carbonyl (C=O) groups is 1. The zero-order valence-corrected chi connectivity index (χ0v) is 16.0. The monoisotopic (exact) mass is 388 g/mol. The number of benzene rings is 1. The van der Waals surface area contributed by atoms with E-state index in [1.54, 1.807) is 15.9 Å². The maximum atomic E-state index is 12.2. The van der Waals surface area contributed by atoms with Gasteiger partial charge in [-0.05, 0) is 30.4 Å². The largest absolute Gasteiger partial charge is 0.348 e. The van der Waals surface area contributed by atoms with Crippen molar-refractivity contribution in [3.8, 4) is 0 Å². The van der Waals surface area contributed by atoms with Crippen LogP contribution in [0.2, 0.25) is 0 Å². The van der Waals surface area contributed by atoms with E-state index in [0.717, 1.165) is 16.9 Å². The van der Waals surface area contributed by atoms with Crippen molar-refractivity contribution in [2.45, 2.75) is 31.1 Å². The normalized spacial score (nSPS) is 12.0. The first-order valence-corrected chi connectivity index (χ1v) is 10.1. The Labute approximate surface area is 159 Å². The van der Waals surface area contributed by atoms with E-state index in [1.165, 1.54) is 11.8 Å². The summed E-state index contributed by atoms with van der Waals surface area (Å²) in [5.74, 6) is 0.131. The summed E-state index contributed by atoms with van der Waals surface area (Å²) in [7, 11) is 0. The second-order valence-corrected chi connectivity index (χ2v) is 7.71. The summed E-state index contributed by atoms with van der Waals surface area (Å²) in [5, 5.41) is 12.0. The predicted octanol–water partition coefficient (Wildman–Crippen LogP) is 2.85. The van der Waals surface area contributed by atoms with Crippen LogP contribution in [-0.2, 0) is 17.8 Å². The quantitative estimate of drug-likeness (QED) is 0.582. The van der Waals surface area contributed by atoms with Crippen LogP contribution in [0.25, 0.3) is 0 Å². The van der Waals surface area contributed by atoms with Gasteiger partial charge in [0.1, 0.15) is 0 Å². The SMILES string of the molecule is C[C@@H](NC(=O)CSc1n[nH]c(=O)n1CCc1ccccc1)c1cccs1. The van der Waals surface area contributed by atoms with Crippen molar-refractivity contribution in [1.29, 1.82) is 0 Å². The molecular weight excluding hydrogens is 368 g/mol. The Hall–Kier alpha value is -2.32. The van der Waals surface area contributed by atoms with E-state index in [4.69, 9.17) is 0 Å². The molecule has 0 spiro atoms. The van der Waals surface area contributed by atoms with Crippen molar-refractivity contribution in [2.24, 2.45) is 0 Å². The number of rotatable bonds is 8. The first kappa shape index (κ1) is 18.5. The molecule has 0 fully saturated rings. The first-order valence-electron chi connectivity index (χ1n) is 8.28. The third-order valence-corrected chi connectivity index (χ3v) is 5.90. The Kier molecular flexibility index (Phi) is 6.30. The lowest BCUT2D eigenvalue weighted by molar-refractivity contribution is -0.119. The van der Waals surface area contributed by atoms with Gasteiger partial charge in [0.05, 0.1) is 11.8 Å². The number of thioether (sulfide) groups is 1. The standard InChI is InChI=1S/C18H20N4O2S2/c1-13(15-8-5-11-25-15)19-16(23)12-26-18-21-20-17(24)22(18)10-9-14-6-3-2-4-7-14/h2-8,11,13H,9-10,12H2,1H3,(H,19,23)(H,20,24)/t13-/m1/s1. The maximum absolute atomic E-state index is 12.2. The molecule has 0 saturated carbocycles. The number of H-pyrrole nitrogens is 1. The van der Waals surface area contributed by atoms with Crippen molar-refractivity contribution in [2.75, 3.05) is 5.75 Å². The van der Waals surface area contributed by atoms with E-state index in [2.05, 4.69) is 15.5 Å². The summed E-state index contributed by atoms with van der Waals surface area (Å²) in [5.41, 5.74) is 0.898. The maximum Gasteiger partial charge on any atom is 0.343 e. The zero-order chi connectivity index (χ0) is 18.4. The van der Waals surface area contributed by atoms with E-state index in [1.807, 2.05) is 54.8 Å². The molecule has 3 aromatic rings. The van der Waals surface area contributed by atoms with Gasteiger partial charge in [0.2, 0.25) is 5.91 Å². The molecule has 0 aliphatic carbocycles. The average molecular weight is 389 g/mol.